The number of halogens is 1. The molecule has 13 heavy (non-hydrogen) atoms. The van der Waals surface area contributed by atoms with Crippen molar-refractivity contribution in [1.82, 2.24) is 0 Å². The molecular formula is C9H11ClO2S. The third-order valence-corrected chi connectivity index (χ3v) is 4.68. The van der Waals surface area contributed by atoms with Crippen molar-refractivity contribution in [2.24, 2.45) is 0 Å². The normalized spacial score (nSPS) is 14.0. The van der Waals surface area contributed by atoms with Gasteiger partial charge in [-0.25, -0.2) is 8.42 Å². The zero-order valence-electron chi connectivity index (χ0n) is 7.27. The topological polar surface area (TPSA) is 34.1 Å². The van der Waals surface area contributed by atoms with Gasteiger partial charge in [-0.1, -0.05) is 25.1 Å². The fourth-order valence-corrected chi connectivity index (χ4v) is 2.56. The Balaban J connectivity index is 3.09. The second-order valence-corrected chi connectivity index (χ2v) is 5.59. The summed E-state index contributed by atoms with van der Waals surface area (Å²) in [6.45, 7) is 1.75. The van der Waals surface area contributed by atoms with Crippen LogP contribution in [0.15, 0.2) is 35.2 Å². The Bertz CT molecular complexity index is 358. The maximum absolute atomic E-state index is 11.6. The first kappa shape index (κ1) is 10.5. The summed E-state index contributed by atoms with van der Waals surface area (Å²) in [5.41, 5.74) is 0. The van der Waals surface area contributed by atoms with Crippen molar-refractivity contribution < 1.29 is 8.42 Å². The maximum Gasteiger partial charge on any atom is 0.195 e. The van der Waals surface area contributed by atoms with Crippen molar-refractivity contribution in [1.29, 1.82) is 0 Å². The molecule has 1 atom stereocenters. The van der Waals surface area contributed by atoms with E-state index in [1.54, 1.807) is 37.3 Å². The summed E-state index contributed by atoms with van der Waals surface area (Å²) in [4.78, 5) is 0.289. The monoisotopic (exact) mass is 218 g/mol. The largest absolute Gasteiger partial charge is 0.222 e. The molecule has 0 aliphatic carbocycles. The van der Waals surface area contributed by atoms with Gasteiger partial charge in [0.1, 0.15) is 4.71 Å². The average molecular weight is 219 g/mol. The van der Waals surface area contributed by atoms with Gasteiger partial charge in [0.2, 0.25) is 0 Å². The molecule has 0 aliphatic heterocycles. The fourth-order valence-electron chi connectivity index (χ4n) is 0.977. The Morgan fingerprint density at radius 3 is 2.31 bits per heavy atom. The van der Waals surface area contributed by atoms with Crippen molar-refractivity contribution in [2.75, 3.05) is 0 Å². The van der Waals surface area contributed by atoms with E-state index in [2.05, 4.69) is 0 Å². The van der Waals surface area contributed by atoms with Crippen molar-refractivity contribution in [2.45, 2.75) is 22.9 Å². The van der Waals surface area contributed by atoms with Gasteiger partial charge in [-0.3, -0.25) is 0 Å². The third kappa shape index (κ3) is 2.23. The molecule has 1 aromatic rings. The van der Waals surface area contributed by atoms with Gasteiger partial charge in [0.15, 0.2) is 9.84 Å². The highest BCUT2D eigenvalue weighted by Crippen LogP contribution is 2.20. The minimum atomic E-state index is -3.32. The Labute approximate surface area is 83.5 Å². The molecule has 0 N–H and O–H groups in total. The Hall–Kier alpha value is -0.540. The minimum absolute atomic E-state index is 0.289. The molecule has 0 bridgehead atoms. The van der Waals surface area contributed by atoms with E-state index in [0.29, 0.717) is 6.42 Å². The van der Waals surface area contributed by atoms with E-state index in [1.807, 2.05) is 0 Å². The Morgan fingerprint density at radius 2 is 1.85 bits per heavy atom. The van der Waals surface area contributed by atoms with Gasteiger partial charge in [0.25, 0.3) is 0 Å². The smallest absolute Gasteiger partial charge is 0.195 e. The second kappa shape index (κ2) is 4.11. The molecule has 0 fully saturated rings. The molecule has 1 aromatic carbocycles. The molecule has 1 unspecified atom stereocenters. The van der Waals surface area contributed by atoms with Crippen LogP contribution in [0.2, 0.25) is 0 Å². The first-order valence-corrected chi connectivity index (χ1v) is 6.00. The van der Waals surface area contributed by atoms with Crippen molar-refractivity contribution in [3.8, 4) is 0 Å². The van der Waals surface area contributed by atoms with Gasteiger partial charge in [-0.05, 0) is 18.6 Å². The number of alkyl halides is 1. The van der Waals surface area contributed by atoms with E-state index < -0.39 is 14.5 Å². The predicted octanol–water partition coefficient (Wildman–Crippen LogP) is 2.44. The van der Waals surface area contributed by atoms with Gasteiger partial charge in [0, 0.05) is 0 Å². The van der Waals surface area contributed by atoms with Crippen molar-refractivity contribution in [3.63, 3.8) is 0 Å². The molecule has 0 saturated carbocycles. The van der Waals surface area contributed by atoms with Crippen LogP contribution in [-0.4, -0.2) is 13.1 Å². The number of sulfone groups is 1. The molecule has 0 heterocycles. The highest BCUT2D eigenvalue weighted by molar-refractivity contribution is 7.93. The molecule has 0 amide bonds. The van der Waals surface area contributed by atoms with Crippen LogP contribution < -0.4 is 0 Å². The van der Waals surface area contributed by atoms with Gasteiger partial charge < -0.3 is 0 Å². The van der Waals surface area contributed by atoms with Gasteiger partial charge >= 0.3 is 0 Å². The van der Waals surface area contributed by atoms with Crippen molar-refractivity contribution in [3.05, 3.63) is 30.3 Å². The van der Waals surface area contributed by atoms with E-state index in [4.69, 9.17) is 11.6 Å². The van der Waals surface area contributed by atoms with E-state index in [1.165, 1.54) is 0 Å². The van der Waals surface area contributed by atoms with Crippen LogP contribution in [0.5, 0.6) is 0 Å². The lowest BCUT2D eigenvalue weighted by atomic mass is 10.4. The zero-order valence-corrected chi connectivity index (χ0v) is 8.85. The maximum atomic E-state index is 11.6. The average Bonchev–Trinajstić information content (AvgIpc) is 2.18. The van der Waals surface area contributed by atoms with E-state index in [0.717, 1.165) is 0 Å². The third-order valence-electron chi connectivity index (χ3n) is 1.73. The molecule has 1 rings (SSSR count). The standard InChI is InChI=1S/C9H11ClO2S/c1-2-9(10)13(11,12)8-6-4-3-5-7-8/h3-7,9H,2H2,1H3. The summed E-state index contributed by atoms with van der Waals surface area (Å²) >= 11 is 5.70. The second-order valence-electron chi connectivity index (χ2n) is 2.68. The highest BCUT2D eigenvalue weighted by Gasteiger charge is 2.22. The molecule has 0 saturated heterocycles. The number of benzene rings is 1. The molecule has 2 nitrogen and oxygen atoms in total. The lowest BCUT2D eigenvalue weighted by Gasteiger charge is -2.07. The summed E-state index contributed by atoms with van der Waals surface area (Å²) in [6, 6.07) is 8.26. The van der Waals surface area contributed by atoms with Crippen LogP contribution in [0.1, 0.15) is 13.3 Å². The summed E-state index contributed by atoms with van der Waals surface area (Å²) in [6.07, 6.45) is 0.415. The Kier molecular flexibility index (Phi) is 3.33. The summed E-state index contributed by atoms with van der Waals surface area (Å²) in [5, 5.41) is 0. The first-order valence-electron chi connectivity index (χ1n) is 4.02. The van der Waals surface area contributed by atoms with Crippen LogP contribution in [0.4, 0.5) is 0 Å². The lowest BCUT2D eigenvalue weighted by molar-refractivity contribution is 0.591. The molecule has 0 spiro atoms. The molecule has 0 radical (unpaired) electrons. The summed E-state index contributed by atoms with van der Waals surface area (Å²) in [5.74, 6) is 0. The van der Waals surface area contributed by atoms with Crippen LogP contribution in [0.25, 0.3) is 0 Å². The Morgan fingerprint density at radius 1 is 1.31 bits per heavy atom. The first-order chi connectivity index (χ1) is 6.09. The van der Waals surface area contributed by atoms with Crippen molar-refractivity contribution >= 4 is 21.4 Å². The molecular weight excluding hydrogens is 208 g/mol. The zero-order chi connectivity index (χ0) is 9.90. The fraction of sp³-hybridized carbons (Fsp3) is 0.333. The molecule has 72 valence electrons. The summed E-state index contributed by atoms with van der Waals surface area (Å²) < 4.78 is 22.4. The van der Waals surface area contributed by atoms with Crippen LogP contribution in [0, 0.1) is 0 Å². The highest BCUT2D eigenvalue weighted by atomic mass is 35.5. The van der Waals surface area contributed by atoms with Gasteiger partial charge in [0.05, 0.1) is 4.90 Å². The molecule has 4 heteroatoms. The van der Waals surface area contributed by atoms with Gasteiger partial charge in [-0.15, -0.1) is 11.6 Å². The number of rotatable bonds is 3. The van der Waals surface area contributed by atoms with E-state index in [-0.39, 0.29) is 4.90 Å². The SMILES string of the molecule is CCC(Cl)S(=O)(=O)c1ccccc1. The van der Waals surface area contributed by atoms with E-state index in [9.17, 15) is 8.42 Å². The number of hydrogen-bond acceptors (Lipinski definition) is 2. The van der Waals surface area contributed by atoms with Crippen LogP contribution in [0.3, 0.4) is 0 Å². The molecule has 0 aliphatic rings. The summed E-state index contributed by atoms with van der Waals surface area (Å²) in [7, 11) is -3.32. The predicted molar refractivity (Wildman–Crippen MR) is 53.6 cm³/mol. The quantitative estimate of drug-likeness (QED) is 0.731. The number of hydrogen-bond donors (Lipinski definition) is 0. The lowest BCUT2D eigenvalue weighted by Crippen LogP contribution is -2.14. The van der Waals surface area contributed by atoms with E-state index >= 15 is 0 Å². The van der Waals surface area contributed by atoms with Crippen LogP contribution in [-0.2, 0) is 9.84 Å². The minimum Gasteiger partial charge on any atom is -0.222 e. The van der Waals surface area contributed by atoms with Crippen LogP contribution >= 0.6 is 11.6 Å². The van der Waals surface area contributed by atoms with Gasteiger partial charge in [-0.2, -0.15) is 0 Å². The molecule has 0 aromatic heterocycles.